The number of halogens is 1. The van der Waals surface area contributed by atoms with Crippen LogP contribution in [0.5, 0.6) is 0 Å². The molecular formula is C12H17BrN2. The molecule has 0 bridgehead atoms. The lowest BCUT2D eigenvalue weighted by Gasteiger charge is -1.98. The summed E-state index contributed by atoms with van der Waals surface area (Å²) in [7, 11) is 0. The SMILES string of the molecule is CC.CCn1cc(C)c2cc(Br)ncc21. The Hall–Kier alpha value is -0.830. The summed E-state index contributed by atoms with van der Waals surface area (Å²) >= 11 is 3.38. The van der Waals surface area contributed by atoms with E-state index < -0.39 is 0 Å². The van der Waals surface area contributed by atoms with Crippen LogP contribution in [-0.4, -0.2) is 9.55 Å². The highest BCUT2D eigenvalue weighted by atomic mass is 79.9. The van der Waals surface area contributed by atoms with Gasteiger partial charge in [0.15, 0.2) is 0 Å². The molecule has 2 aromatic rings. The van der Waals surface area contributed by atoms with Crippen LogP contribution in [0.2, 0.25) is 0 Å². The van der Waals surface area contributed by atoms with Crippen molar-refractivity contribution >= 4 is 26.8 Å². The Balaban J connectivity index is 0.000000531. The van der Waals surface area contributed by atoms with Crippen LogP contribution in [0.15, 0.2) is 23.1 Å². The topological polar surface area (TPSA) is 17.8 Å². The third kappa shape index (κ3) is 2.40. The van der Waals surface area contributed by atoms with Crippen molar-refractivity contribution < 1.29 is 0 Å². The molecule has 0 spiro atoms. The molecule has 0 aliphatic carbocycles. The standard InChI is InChI=1S/C10H11BrN2.C2H6/c1-3-13-6-7(2)8-4-10(11)12-5-9(8)13;1-2/h4-6H,3H2,1-2H3;1-2H3. The van der Waals surface area contributed by atoms with Crippen molar-refractivity contribution in [2.45, 2.75) is 34.2 Å². The number of aryl methyl sites for hydroxylation is 2. The maximum atomic E-state index is 4.23. The molecule has 0 unspecified atom stereocenters. The normalized spacial score (nSPS) is 9.93. The first-order valence-corrected chi connectivity index (χ1v) is 6.12. The van der Waals surface area contributed by atoms with Crippen LogP contribution in [-0.2, 0) is 6.54 Å². The van der Waals surface area contributed by atoms with E-state index >= 15 is 0 Å². The van der Waals surface area contributed by atoms with E-state index in [1.165, 1.54) is 16.5 Å². The molecule has 0 radical (unpaired) electrons. The average molecular weight is 269 g/mol. The van der Waals surface area contributed by atoms with Gasteiger partial charge in [0.2, 0.25) is 0 Å². The van der Waals surface area contributed by atoms with Gasteiger partial charge in [-0.15, -0.1) is 0 Å². The largest absolute Gasteiger partial charge is 0.346 e. The Labute approximate surface area is 99.4 Å². The lowest BCUT2D eigenvalue weighted by molar-refractivity contribution is 0.794. The third-order valence-corrected chi connectivity index (χ3v) is 2.71. The van der Waals surface area contributed by atoms with Crippen molar-refractivity contribution in [2.24, 2.45) is 0 Å². The summed E-state index contributed by atoms with van der Waals surface area (Å²) in [5.74, 6) is 0. The van der Waals surface area contributed by atoms with Gasteiger partial charge in [0.05, 0.1) is 11.7 Å². The van der Waals surface area contributed by atoms with Gasteiger partial charge in [-0.05, 0) is 41.4 Å². The number of fused-ring (bicyclic) bond motifs is 1. The molecule has 0 saturated carbocycles. The zero-order valence-electron chi connectivity index (χ0n) is 9.71. The fraction of sp³-hybridized carbons (Fsp3) is 0.417. The van der Waals surface area contributed by atoms with Crippen molar-refractivity contribution in [2.75, 3.05) is 0 Å². The number of nitrogens with zero attached hydrogens (tertiary/aromatic N) is 2. The molecular weight excluding hydrogens is 252 g/mol. The van der Waals surface area contributed by atoms with Crippen LogP contribution >= 0.6 is 15.9 Å². The first kappa shape index (κ1) is 12.2. The third-order valence-electron chi connectivity index (χ3n) is 2.27. The predicted octanol–water partition coefficient (Wildman–Crippen LogP) is 4.15. The van der Waals surface area contributed by atoms with E-state index in [-0.39, 0.29) is 0 Å². The smallest absolute Gasteiger partial charge is 0.106 e. The van der Waals surface area contributed by atoms with Crippen molar-refractivity contribution in [3.63, 3.8) is 0 Å². The average Bonchev–Trinajstić information content (AvgIpc) is 2.58. The molecule has 3 heteroatoms. The number of pyridine rings is 1. The molecule has 0 N–H and O–H groups in total. The molecule has 2 rings (SSSR count). The minimum Gasteiger partial charge on any atom is -0.346 e. The summed E-state index contributed by atoms with van der Waals surface area (Å²) in [4.78, 5) is 4.23. The van der Waals surface area contributed by atoms with Gasteiger partial charge in [0.1, 0.15) is 4.60 Å². The van der Waals surface area contributed by atoms with Crippen LogP contribution in [0, 0.1) is 6.92 Å². The molecule has 0 fully saturated rings. The fourth-order valence-corrected chi connectivity index (χ4v) is 1.93. The van der Waals surface area contributed by atoms with Gasteiger partial charge in [-0.25, -0.2) is 4.98 Å². The van der Waals surface area contributed by atoms with Crippen LogP contribution in [0.1, 0.15) is 26.3 Å². The first-order chi connectivity index (χ1) is 7.22. The summed E-state index contributed by atoms with van der Waals surface area (Å²) in [6, 6.07) is 2.07. The van der Waals surface area contributed by atoms with E-state index in [4.69, 9.17) is 0 Å². The predicted molar refractivity (Wildman–Crippen MR) is 69.2 cm³/mol. The zero-order chi connectivity index (χ0) is 11.4. The second-order valence-electron chi connectivity index (χ2n) is 3.12. The molecule has 0 aliphatic heterocycles. The van der Waals surface area contributed by atoms with E-state index in [0.717, 1.165) is 11.1 Å². The first-order valence-electron chi connectivity index (χ1n) is 5.33. The van der Waals surface area contributed by atoms with Gasteiger partial charge in [-0.3, -0.25) is 0 Å². The van der Waals surface area contributed by atoms with E-state index in [0.29, 0.717) is 0 Å². The van der Waals surface area contributed by atoms with Gasteiger partial charge in [-0.1, -0.05) is 13.8 Å². The monoisotopic (exact) mass is 268 g/mol. The zero-order valence-corrected chi connectivity index (χ0v) is 11.3. The Morgan fingerprint density at radius 1 is 1.40 bits per heavy atom. The van der Waals surface area contributed by atoms with Crippen molar-refractivity contribution in [3.8, 4) is 0 Å². The molecule has 0 atom stereocenters. The Morgan fingerprint density at radius 3 is 2.67 bits per heavy atom. The van der Waals surface area contributed by atoms with Crippen LogP contribution in [0.25, 0.3) is 10.9 Å². The summed E-state index contributed by atoms with van der Waals surface area (Å²) in [6.45, 7) is 9.26. The number of rotatable bonds is 1. The van der Waals surface area contributed by atoms with E-state index in [2.05, 4.69) is 51.6 Å². The summed E-state index contributed by atoms with van der Waals surface area (Å²) in [5, 5.41) is 1.28. The Bertz CT molecular complexity index is 446. The summed E-state index contributed by atoms with van der Waals surface area (Å²) < 4.78 is 3.11. The van der Waals surface area contributed by atoms with E-state index in [1.54, 1.807) is 0 Å². The Kier molecular flexibility index (Phi) is 4.33. The number of aromatic nitrogens is 2. The second kappa shape index (κ2) is 5.31. The molecule has 2 aromatic heterocycles. The van der Waals surface area contributed by atoms with E-state index in [9.17, 15) is 0 Å². The van der Waals surface area contributed by atoms with Crippen molar-refractivity contribution in [1.82, 2.24) is 9.55 Å². The quantitative estimate of drug-likeness (QED) is 0.711. The fourth-order valence-electron chi connectivity index (χ4n) is 1.60. The summed E-state index contributed by atoms with van der Waals surface area (Å²) in [5.41, 5.74) is 2.52. The molecule has 0 aliphatic rings. The van der Waals surface area contributed by atoms with Crippen LogP contribution in [0.4, 0.5) is 0 Å². The molecule has 0 saturated heterocycles. The van der Waals surface area contributed by atoms with Crippen molar-refractivity contribution in [1.29, 1.82) is 0 Å². The van der Waals surface area contributed by atoms with Gasteiger partial charge in [0.25, 0.3) is 0 Å². The van der Waals surface area contributed by atoms with Gasteiger partial charge < -0.3 is 4.57 Å². The summed E-state index contributed by atoms with van der Waals surface area (Å²) in [6.07, 6.45) is 4.08. The second-order valence-corrected chi connectivity index (χ2v) is 3.93. The highest BCUT2D eigenvalue weighted by Crippen LogP contribution is 2.22. The lowest BCUT2D eigenvalue weighted by atomic mass is 10.2. The highest BCUT2D eigenvalue weighted by molar-refractivity contribution is 9.10. The number of hydrogen-bond donors (Lipinski definition) is 0. The van der Waals surface area contributed by atoms with E-state index in [1.807, 2.05) is 20.0 Å². The van der Waals surface area contributed by atoms with Crippen molar-refractivity contribution in [3.05, 3.63) is 28.6 Å². The maximum Gasteiger partial charge on any atom is 0.106 e. The molecule has 0 amide bonds. The minimum absolute atomic E-state index is 0.900. The molecule has 2 nitrogen and oxygen atoms in total. The molecule has 82 valence electrons. The molecule has 2 heterocycles. The number of hydrogen-bond acceptors (Lipinski definition) is 1. The lowest BCUT2D eigenvalue weighted by Crippen LogP contribution is -1.90. The van der Waals surface area contributed by atoms with Gasteiger partial charge >= 0.3 is 0 Å². The van der Waals surface area contributed by atoms with Crippen LogP contribution in [0.3, 0.4) is 0 Å². The van der Waals surface area contributed by atoms with Gasteiger partial charge in [0, 0.05) is 18.1 Å². The minimum atomic E-state index is 0.900. The molecule has 15 heavy (non-hydrogen) atoms. The van der Waals surface area contributed by atoms with Gasteiger partial charge in [-0.2, -0.15) is 0 Å². The molecule has 0 aromatic carbocycles. The Morgan fingerprint density at radius 2 is 2.07 bits per heavy atom. The maximum absolute atomic E-state index is 4.23. The van der Waals surface area contributed by atoms with Crippen LogP contribution < -0.4 is 0 Å². The highest BCUT2D eigenvalue weighted by Gasteiger charge is 2.04.